The van der Waals surface area contributed by atoms with Gasteiger partial charge in [0.15, 0.2) is 0 Å². The summed E-state index contributed by atoms with van der Waals surface area (Å²) >= 11 is 1.93. The second-order valence-corrected chi connectivity index (χ2v) is 23.2. The highest BCUT2D eigenvalue weighted by Crippen LogP contribution is 2.22. The van der Waals surface area contributed by atoms with Gasteiger partial charge in [0, 0.05) is 97.0 Å². The summed E-state index contributed by atoms with van der Waals surface area (Å²) in [6, 6.07) is 5.62. The van der Waals surface area contributed by atoms with Gasteiger partial charge >= 0.3 is 47.8 Å². The normalized spacial score (nSPS) is 15.1. The molecule has 0 spiro atoms. The van der Waals surface area contributed by atoms with Gasteiger partial charge in [-0.05, 0) is 116 Å². The number of rotatable bonds is 44. The quantitative estimate of drug-likeness (QED) is 0.0326. The van der Waals surface area contributed by atoms with Crippen LogP contribution in [0.4, 0.5) is 4.79 Å². The summed E-state index contributed by atoms with van der Waals surface area (Å²) in [7, 11) is 0. The fourth-order valence-electron chi connectivity index (χ4n) is 9.90. The monoisotopic (exact) mass is 1380 g/mol. The fourth-order valence-corrected chi connectivity index (χ4v) is 10.5. The molecule has 90 heavy (non-hydrogen) atoms. The molecule has 2 aromatic rings. The van der Waals surface area contributed by atoms with E-state index in [4.69, 9.17) is 5.11 Å². The predicted molar refractivity (Wildman–Crippen MR) is 331 cm³/mol. The lowest BCUT2D eigenvalue weighted by atomic mass is 10.0. The molecule has 2 aromatic carbocycles. The zero-order valence-corrected chi connectivity index (χ0v) is 52.4. The van der Waals surface area contributed by atoms with Crippen LogP contribution >= 0.6 is 22.6 Å². The molecular formula is C59H87IN10O20. The number of phenolic OH excluding ortho intramolecular Hbond substituents is 1. The third-order valence-corrected chi connectivity index (χ3v) is 15.7. The number of unbranched alkanes of at least 4 members (excludes halogenated alkanes) is 5. The summed E-state index contributed by atoms with van der Waals surface area (Å²) < 4.78 is 0.480. The number of urea groups is 1. The minimum atomic E-state index is -1.53. The summed E-state index contributed by atoms with van der Waals surface area (Å²) in [5, 5.41) is 96.0. The van der Waals surface area contributed by atoms with Crippen LogP contribution in [0.1, 0.15) is 114 Å². The molecule has 1 aliphatic rings. The Morgan fingerprint density at radius 1 is 0.467 bits per heavy atom. The van der Waals surface area contributed by atoms with Crippen molar-refractivity contribution in [1.29, 1.82) is 0 Å². The van der Waals surface area contributed by atoms with Crippen molar-refractivity contribution in [3.05, 3.63) is 63.2 Å². The number of aromatic hydroxyl groups is 1. The lowest BCUT2D eigenvalue weighted by Gasteiger charge is -2.30. The third kappa shape index (κ3) is 32.6. The van der Waals surface area contributed by atoms with Crippen LogP contribution in [-0.4, -0.2) is 235 Å². The van der Waals surface area contributed by atoms with Gasteiger partial charge in [0.1, 0.15) is 36.0 Å². The zero-order valence-electron chi connectivity index (χ0n) is 50.3. The maximum absolute atomic E-state index is 14.4. The Balaban J connectivity index is 1.49. The van der Waals surface area contributed by atoms with Crippen molar-refractivity contribution in [2.24, 2.45) is 0 Å². The maximum atomic E-state index is 14.4. The van der Waals surface area contributed by atoms with Crippen LogP contribution in [0.5, 0.6) is 5.75 Å². The van der Waals surface area contributed by atoms with Gasteiger partial charge in [0.25, 0.3) is 0 Å². The number of carbonyl (C=O) groups excluding carboxylic acids is 5. The first-order valence-corrected chi connectivity index (χ1v) is 31.1. The number of benzene rings is 2. The van der Waals surface area contributed by atoms with Crippen LogP contribution in [-0.2, 0) is 65.6 Å². The number of nitrogens with one attached hydrogen (secondary N) is 7. The predicted octanol–water partition coefficient (Wildman–Crippen LogP) is 1.10. The number of carbonyl (C=O) groups is 12. The van der Waals surface area contributed by atoms with Crippen LogP contribution in [0.2, 0.25) is 0 Å². The van der Waals surface area contributed by atoms with E-state index in [2.05, 4.69) is 37.2 Å². The number of carboxylic acids is 7. The van der Waals surface area contributed by atoms with E-state index in [1.807, 2.05) is 52.9 Å². The van der Waals surface area contributed by atoms with Crippen LogP contribution in [0.25, 0.3) is 0 Å². The van der Waals surface area contributed by atoms with Crippen LogP contribution in [0, 0.1) is 3.57 Å². The molecule has 0 saturated carbocycles. The fraction of sp³-hybridized carbons (Fsp3) is 0.593. The van der Waals surface area contributed by atoms with Crippen LogP contribution in [0.15, 0.2) is 48.5 Å². The number of halogens is 1. The van der Waals surface area contributed by atoms with E-state index in [9.17, 15) is 93.3 Å². The molecule has 1 aliphatic heterocycles. The first-order chi connectivity index (χ1) is 42.8. The van der Waals surface area contributed by atoms with Crippen molar-refractivity contribution < 1.29 is 98.4 Å². The molecule has 30 nitrogen and oxygen atoms in total. The summed E-state index contributed by atoms with van der Waals surface area (Å²) in [5.41, 5.74) is 1.39. The molecule has 15 N–H and O–H groups in total. The first kappa shape index (κ1) is 76.5. The van der Waals surface area contributed by atoms with Crippen molar-refractivity contribution in [2.45, 2.75) is 152 Å². The highest BCUT2D eigenvalue weighted by atomic mass is 127. The molecule has 1 heterocycles. The maximum Gasteiger partial charge on any atom is 0.326 e. The molecule has 0 bridgehead atoms. The van der Waals surface area contributed by atoms with Crippen molar-refractivity contribution in [3.8, 4) is 5.75 Å². The highest BCUT2D eigenvalue weighted by molar-refractivity contribution is 14.1. The molecule has 1 saturated heterocycles. The van der Waals surface area contributed by atoms with Gasteiger partial charge in [-0.2, -0.15) is 0 Å². The van der Waals surface area contributed by atoms with Crippen molar-refractivity contribution >= 4 is 94.0 Å². The third-order valence-electron chi connectivity index (χ3n) is 14.8. The number of aliphatic carboxylic acids is 7. The molecule has 6 amide bonds. The van der Waals surface area contributed by atoms with Gasteiger partial charge in [-0.3, -0.25) is 57.9 Å². The Labute approximate surface area is 534 Å². The number of phenols is 1. The number of hydrogen-bond acceptors (Lipinski definition) is 17. The second kappa shape index (κ2) is 42.3. The van der Waals surface area contributed by atoms with E-state index in [0.29, 0.717) is 67.0 Å². The molecule has 6 atom stereocenters. The lowest BCUT2D eigenvalue weighted by molar-refractivity contribution is -0.145. The van der Waals surface area contributed by atoms with E-state index in [1.54, 1.807) is 26.8 Å². The van der Waals surface area contributed by atoms with Crippen molar-refractivity contribution in [3.63, 3.8) is 0 Å². The average molecular weight is 1380 g/mol. The topological polar surface area (TPSA) is 461 Å². The van der Waals surface area contributed by atoms with E-state index in [0.717, 1.165) is 5.56 Å². The number of carboxylic acid groups (broad SMARTS) is 7. The van der Waals surface area contributed by atoms with Crippen molar-refractivity contribution in [1.82, 2.24) is 51.9 Å². The molecular weight excluding hydrogens is 1300 g/mol. The van der Waals surface area contributed by atoms with Crippen LogP contribution < -0.4 is 37.2 Å². The highest BCUT2D eigenvalue weighted by Gasteiger charge is 2.32. The molecule has 3 rings (SSSR count). The van der Waals surface area contributed by atoms with E-state index < -0.39 is 109 Å². The zero-order chi connectivity index (χ0) is 66.5. The molecule has 500 valence electrons. The van der Waals surface area contributed by atoms with Gasteiger partial charge in [0.2, 0.25) is 23.6 Å². The number of hydrogen-bond donors (Lipinski definition) is 15. The van der Waals surface area contributed by atoms with Gasteiger partial charge in [-0.1, -0.05) is 49.2 Å². The summed E-state index contributed by atoms with van der Waals surface area (Å²) in [6.07, 6.45) is 3.46. The largest absolute Gasteiger partial charge is 0.507 e. The first-order valence-electron chi connectivity index (χ1n) is 30.0. The molecule has 0 radical (unpaired) electrons. The van der Waals surface area contributed by atoms with Gasteiger partial charge in [0.05, 0.1) is 16.7 Å². The molecule has 1 fully saturated rings. The van der Waals surface area contributed by atoms with E-state index >= 15 is 0 Å². The smallest absolute Gasteiger partial charge is 0.326 e. The Bertz CT molecular complexity index is 2670. The minimum absolute atomic E-state index is 0.00193. The van der Waals surface area contributed by atoms with E-state index in [-0.39, 0.29) is 134 Å². The number of amides is 6. The van der Waals surface area contributed by atoms with Gasteiger partial charge in [-0.15, -0.1) is 0 Å². The summed E-state index contributed by atoms with van der Waals surface area (Å²) in [4.78, 5) is 152. The summed E-state index contributed by atoms with van der Waals surface area (Å²) in [5.74, 6) is -10.4. The molecule has 0 aromatic heterocycles. The minimum Gasteiger partial charge on any atom is -0.507 e. The average Bonchev–Trinajstić information content (AvgIpc) is 2.50. The second-order valence-electron chi connectivity index (χ2n) is 22.0. The standard InChI is InChI=1S/C59H87IN10O20/c60-41-33-39(18-21-47(41)71)34-45(65-50(74)22-20-46(58(88)89)70-30-28-68(36-52(77)78)26-27-69(29-31-70)37-53(79)80)54(81)64-40(32-38-12-4-3-5-13-38)35-63-42(55(82)83)14-8-10-24-61-48(72)16-6-1-2-7-17-49(73)62-25-11-9-15-43(56(84)85)66-59(90)67-44(57(86)87)19-23-51(75)76/h3-5,12-13,18,21,33,40,42-46,63,71H,1-2,6-11,14-17,19-20,22-32,34-37H2,(H,61,72)(H,62,73)(H,64,81)(H,65,74)(H,75,76)(H,77,78)(H,79,80)(H,82,83)(H,84,85)(H,86,87)(H,88,89)(H2,66,67,90). The Kier molecular flexibility index (Phi) is 35.9. The van der Waals surface area contributed by atoms with Gasteiger partial charge < -0.3 is 78.1 Å². The Morgan fingerprint density at radius 3 is 1.49 bits per heavy atom. The molecule has 0 aliphatic carbocycles. The SMILES string of the molecule is O=C(O)CCC(NC(=O)NC(CCCCNC(=O)CCCCCCC(=O)NCCCCC(NCC(Cc1ccccc1)NC(=O)C(Cc1ccc(O)c(I)c1)NC(=O)CCC(C(=O)O)N1CCN(CC(=O)O)CCN(CC(=O)O)CC1)C(=O)O)C(=O)O)C(=O)O. The van der Waals surface area contributed by atoms with Crippen molar-refractivity contribution in [2.75, 3.05) is 72.0 Å². The van der Waals surface area contributed by atoms with Gasteiger partial charge in [-0.25, -0.2) is 14.4 Å². The lowest BCUT2D eigenvalue weighted by Crippen LogP contribution is -2.54. The molecule has 6 unspecified atom stereocenters. The van der Waals surface area contributed by atoms with Crippen LogP contribution in [0.3, 0.4) is 0 Å². The van der Waals surface area contributed by atoms with E-state index in [1.165, 1.54) is 6.07 Å². The Hall–Kier alpha value is -7.75. The molecule has 31 heteroatoms. The Morgan fingerprint density at radius 2 is 0.989 bits per heavy atom. The summed E-state index contributed by atoms with van der Waals surface area (Å²) in [6.45, 7) is 0.868. The number of nitrogens with zero attached hydrogens (tertiary/aromatic N) is 3.